The summed E-state index contributed by atoms with van der Waals surface area (Å²) in [5.41, 5.74) is 14.1. The van der Waals surface area contributed by atoms with Crippen LogP contribution in [0.1, 0.15) is 47.2 Å². The molecule has 0 aliphatic carbocycles. The maximum absolute atomic E-state index is 13.6. The number of aldehydes is 2. The minimum absolute atomic E-state index is 0.0779. The second-order valence-electron chi connectivity index (χ2n) is 12.1. The SMILES string of the molecule is NC(N)=NCCCCCc1ccc2c(c1)C(=O)NCC(=O)N2c1ccc(COC(=O)C2NC2(C=O)CC=O)cc1-c1ccccc1.O=C(O)C(F)(F)F. The van der Waals surface area contributed by atoms with Gasteiger partial charge in [-0.1, -0.05) is 48.9 Å². The number of nitrogens with two attached hydrogens (primary N) is 2. The number of fused-ring (bicyclic) bond motifs is 1. The number of nitrogens with one attached hydrogen (secondary N) is 2. The van der Waals surface area contributed by atoms with E-state index in [-0.39, 0.29) is 37.3 Å². The van der Waals surface area contributed by atoms with Crippen molar-refractivity contribution in [2.75, 3.05) is 18.0 Å². The van der Waals surface area contributed by atoms with Gasteiger partial charge < -0.3 is 36.2 Å². The number of hydrogen-bond acceptors (Lipinski definition) is 9. The number of benzene rings is 3. The second kappa shape index (κ2) is 17.4. The van der Waals surface area contributed by atoms with E-state index in [1.165, 1.54) is 0 Å². The first kappa shape index (κ1) is 39.7. The molecule has 0 spiro atoms. The van der Waals surface area contributed by atoms with E-state index in [0.29, 0.717) is 47.2 Å². The summed E-state index contributed by atoms with van der Waals surface area (Å²) >= 11 is 0. The Morgan fingerprint density at radius 1 is 0.962 bits per heavy atom. The molecule has 17 heteroatoms. The van der Waals surface area contributed by atoms with Crippen molar-refractivity contribution in [3.8, 4) is 11.1 Å². The van der Waals surface area contributed by atoms with Gasteiger partial charge in [-0.15, -0.1) is 0 Å². The first-order valence-electron chi connectivity index (χ1n) is 16.3. The maximum Gasteiger partial charge on any atom is 0.490 e. The molecule has 5 rings (SSSR count). The molecule has 53 heavy (non-hydrogen) atoms. The van der Waals surface area contributed by atoms with E-state index in [1.807, 2.05) is 48.5 Å². The van der Waals surface area contributed by atoms with Crippen LogP contribution < -0.4 is 27.0 Å². The first-order chi connectivity index (χ1) is 25.2. The lowest BCUT2D eigenvalue weighted by atomic mass is 9.98. The van der Waals surface area contributed by atoms with Crippen LogP contribution in [0.3, 0.4) is 0 Å². The highest BCUT2D eigenvalue weighted by Crippen LogP contribution is 2.39. The molecule has 280 valence electrons. The number of aryl methyl sites for hydroxylation is 1. The van der Waals surface area contributed by atoms with Crippen molar-refractivity contribution in [2.24, 2.45) is 16.5 Å². The lowest BCUT2D eigenvalue weighted by Crippen LogP contribution is -2.33. The number of unbranched alkanes of at least 4 members (excludes halogenated alkanes) is 2. The molecule has 7 N–H and O–H groups in total. The molecule has 3 aromatic rings. The molecule has 2 unspecified atom stereocenters. The third kappa shape index (κ3) is 10.2. The Morgan fingerprint density at radius 3 is 2.23 bits per heavy atom. The van der Waals surface area contributed by atoms with E-state index >= 15 is 0 Å². The van der Waals surface area contributed by atoms with Crippen molar-refractivity contribution in [3.05, 3.63) is 83.4 Å². The summed E-state index contributed by atoms with van der Waals surface area (Å²) in [6.07, 6.45) is -0.652. The van der Waals surface area contributed by atoms with Crippen LogP contribution in [0, 0.1) is 0 Å². The van der Waals surface area contributed by atoms with Crippen molar-refractivity contribution in [1.82, 2.24) is 10.6 Å². The van der Waals surface area contributed by atoms with Crippen molar-refractivity contribution < 1.29 is 51.8 Å². The fourth-order valence-electron chi connectivity index (χ4n) is 5.59. The van der Waals surface area contributed by atoms with Crippen molar-refractivity contribution >= 4 is 53.7 Å². The summed E-state index contributed by atoms with van der Waals surface area (Å²) in [5.74, 6) is -3.96. The van der Waals surface area contributed by atoms with Crippen LogP contribution >= 0.6 is 0 Å². The minimum atomic E-state index is -5.08. The zero-order valence-corrected chi connectivity index (χ0v) is 28.2. The highest BCUT2D eigenvalue weighted by atomic mass is 19.4. The normalized spacial score (nSPS) is 17.6. The Bertz CT molecular complexity index is 1880. The molecule has 0 bridgehead atoms. The third-order valence-electron chi connectivity index (χ3n) is 8.34. The number of carboxylic acid groups (broad SMARTS) is 1. The van der Waals surface area contributed by atoms with Gasteiger partial charge in [-0.3, -0.25) is 29.6 Å². The molecule has 3 aromatic carbocycles. The number of nitrogens with zero attached hydrogens (tertiary/aromatic N) is 2. The van der Waals surface area contributed by atoms with Crippen LogP contribution in [0.2, 0.25) is 0 Å². The van der Waals surface area contributed by atoms with Crippen LogP contribution in [0.5, 0.6) is 0 Å². The summed E-state index contributed by atoms with van der Waals surface area (Å²) in [4.78, 5) is 76.2. The number of amides is 2. The predicted octanol–water partition coefficient (Wildman–Crippen LogP) is 2.92. The van der Waals surface area contributed by atoms with Crippen LogP contribution in [0.25, 0.3) is 11.1 Å². The lowest BCUT2D eigenvalue weighted by molar-refractivity contribution is -0.192. The highest BCUT2D eigenvalue weighted by molar-refractivity contribution is 6.14. The monoisotopic (exact) mass is 738 g/mol. The van der Waals surface area contributed by atoms with Crippen LogP contribution in [-0.4, -0.2) is 78.2 Å². The fraction of sp³-hybridized carbons (Fsp3) is 0.306. The van der Waals surface area contributed by atoms with Crippen LogP contribution in [0.15, 0.2) is 71.7 Å². The van der Waals surface area contributed by atoms with Crippen LogP contribution in [-0.2, 0) is 41.7 Å². The van der Waals surface area contributed by atoms with Crippen molar-refractivity contribution in [2.45, 2.75) is 56.5 Å². The number of hydrogen-bond donors (Lipinski definition) is 5. The Morgan fingerprint density at radius 2 is 1.60 bits per heavy atom. The molecular formula is C36H37F3N6O8. The van der Waals surface area contributed by atoms with E-state index in [2.05, 4.69) is 15.6 Å². The number of aliphatic imine (C=N–C) groups is 1. The summed E-state index contributed by atoms with van der Waals surface area (Å²) in [6, 6.07) is 19.5. The molecule has 2 aliphatic rings. The number of alkyl halides is 3. The van der Waals surface area contributed by atoms with Crippen LogP contribution in [0.4, 0.5) is 24.5 Å². The number of carbonyl (C=O) groups is 6. The second-order valence-corrected chi connectivity index (χ2v) is 12.1. The largest absolute Gasteiger partial charge is 0.490 e. The minimum Gasteiger partial charge on any atom is -0.475 e. The fourth-order valence-corrected chi connectivity index (χ4v) is 5.59. The van der Waals surface area contributed by atoms with E-state index in [4.69, 9.17) is 26.1 Å². The number of rotatable bonds is 14. The molecule has 1 fully saturated rings. The van der Waals surface area contributed by atoms with Gasteiger partial charge in [0.2, 0.25) is 0 Å². The quantitative estimate of drug-likeness (QED) is 0.0403. The standard InChI is InChI=1S/C34H36N6O6.C2HF3O2/c35-33(36)37-15-6-2-3-7-22-10-12-28-26(17-22)31(44)38-19-29(43)40(28)27-13-11-23(18-25(27)24-8-4-1-5-9-24)20-46-32(45)30-34(21-42,39-30)14-16-41;3-2(4,5)1(6)7/h1,4-5,8-13,16-18,21,30,39H,2-3,6-7,14-15,19-20H2,(H,38,44)(H4,35,36,37);(H,6,7). The lowest BCUT2D eigenvalue weighted by Gasteiger charge is -2.26. The van der Waals surface area contributed by atoms with Gasteiger partial charge in [0.05, 0.1) is 23.5 Å². The topological polar surface area (TPSA) is 233 Å². The number of esters is 1. The van der Waals surface area contributed by atoms with Gasteiger partial charge in [-0.2, -0.15) is 13.2 Å². The van der Waals surface area contributed by atoms with Gasteiger partial charge in [0, 0.05) is 18.5 Å². The molecule has 0 saturated carbocycles. The average Bonchev–Trinajstić information content (AvgIpc) is 3.88. The van der Waals surface area contributed by atoms with Gasteiger partial charge in [-0.25, -0.2) is 4.79 Å². The zero-order chi connectivity index (χ0) is 38.8. The Balaban J connectivity index is 0.000000815. The maximum atomic E-state index is 13.6. The van der Waals surface area contributed by atoms with Gasteiger partial charge in [0.15, 0.2) is 5.96 Å². The summed E-state index contributed by atoms with van der Waals surface area (Å²) < 4.78 is 37.2. The summed E-state index contributed by atoms with van der Waals surface area (Å²) in [7, 11) is 0. The molecular weight excluding hydrogens is 701 g/mol. The number of ether oxygens (including phenoxy) is 1. The molecule has 1 saturated heterocycles. The van der Waals surface area contributed by atoms with Gasteiger partial charge in [0.25, 0.3) is 11.8 Å². The van der Waals surface area contributed by atoms with Gasteiger partial charge in [-0.05, 0) is 60.2 Å². The number of aliphatic carboxylic acids is 1. The van der Waals surface area contributed by atoms with Crippen molar-refractivity contribution in [3.63, 3.8) is 0 Å². The number of carbonyl (C=O) groups excluding carboxylic acids is 5. The molecule has 0 aromatic heterocycles. The van der Waals surface area contributed by atoms with E-state index in [9.17, 15) is 37.1 Å². The summed E-state index contributed by atoms with van der Waals surface area (Å²) in [5, 5.41) is 12.6. The number of halogens is 3. The van der Waals surface area contributed by atoms with Gasteiger partial charge in [0.1, 0.15) is 30.8 Å². The third-order valence-corrected chi connectivity index (χ3v) is 8.34. The predicted molar refractivity (Wildman–Crippen MR) is 186 cm³/mol. The van der Waals surface area contributed by atoms with E-state index in [1.54, 1.807) is 23.1 Å². The zero-order valence-electron chi connectivity index (χ0n) is 28.2. The van der Waals surface area contributed by atoms with E-state index in [0.717, 1.165) is 36.8 Å². The number of anilines is 2. The van der Waals surface area contributed by atoms with Crippen molar-refractivity contribution in [1.29, 1.82) is 0 Å². The number of carboxylic acids is 1. The Kier molecular flexibility index (Phi) is 13.0. The smallest absolute Gasteiger partial charge is 0.475 e. The Hall–Kier alpha value is -6.10. The molecule has 2 atom stereocenters. The average molecular weight is 739 g/mol. The number of guanidine groups is 1. The first-order valence-corrected chi connectivity index (χ1v) is 16.3. The highest BCUT2D eigenvalue weighted by Gasteiger charge is 2.59. The van der Waals surface area contributed by atoms with E-state index < -0.39 is 29.7 Å². The molecule has 2 aliphatic heterocycles. The van der Waals surface area contributed by atoms with Gasteiger partial charge >= 0.3 is 18.1 Å². The molecule has 14 nitrogen and oxygen atoms in total. The molecule has 2 amide bonds. The molecule has 0 radical (unpaired) electrons. The molecule has 2 heterocycles. The Labute approximate surface area is 301 Å². The summed E-state index contributed by atoms with van der Waals surface area (Å²) in [6.45, 7) is 0.291.